The van der Waals surface area contributed by atoms with Crippen LogP contribution in [0.3, 0.4) is 0 Å². The molecule has 1 aromatic rings. The van der Waals surface area contributed by atoms with E-state index in [-0.39, 0.29) is 0 Å². The first-order chi connectivity index (χ1) is 10.4. The van der Waals surface area contributed by atoms with E-state index in [1.807, 2.05) is 0 Å². The van der Waals surface area contributed by atoms with Crippen LogP contribution in [0.5, 0.6) is 0 Å². The summed E-state index contributed by atoms with van der Waals surface area (Å²) in [5, 5.41) is 4.61. The van der Waals surface area contributed by atoms with Crippen molar-refractivity contribution in [1.29, 1.82) is 0 Å². The van der Waals surface area contributed by atoms with Crippen molar-refractivity contribution in [2.75, 3.05) is 0 Å². The van der Waals surface area contributed by atoms with Crippen molar-refractivity contribution in [2.45, 2.75) is 104 Å². The van der Waals surface area contributed by atoms with Crippen LogP contribution in [0.25, 0.3) is 0 Å². The fourth-order valence-electron chi connectivity index (χ4n) is 2.71. The molecule has 0 fully saturated rings. The lowest BCUT2D eigenvalue weighted by Crippen LogP contribution is -2.36. The average Bonchev–Trinajstić information content (AvgIpc) is 2.94. The highest BCUT2D eigenvalue weighted by molar-refractivity contribution is 4.58. The Morgan fingerprint density at radius 2 is 1.33 bits per heavy atom. The highest BCUT2D eigenvalue weighted by Crippen LogP contribution is 2.06. The van der Waals surface area contributed by atoms with E-state index in [0.29, 0.717) is 0 Å². The molecule has 1 rings (SSSR count). The molecule has 122 valence electrons. The Hall–Kier alpha value is -0.860. The Morgan fingerprint density at radius 3 is 2.00 bits per heavy atom. The van der Waals surface area contributed by atoms with Crippen molar-refractivity contribution in [1.82, 2.24) is 9.90 Å². The largest absolute Gasteiger partial charge is 0.155 e. The lowest BCUT2D eigenvalue weighted by molar-refractivity contribution is -0.755. The third-order valence-electron chi connectivity index (χ3n) is 4.12. The smallest absolute Gasteiger partial charge is 0.138 e. The van der Waals surface area contributed by atoms with Gasteiger partial charge in [0, 0.05) is 0 Å². The van der Waals surface area contributed by atoms with Gasteiger partial charge in [-0.3, -0.25) is 0 Å². The Bertz CT molecular complexity index is 302. The second-order valence-corrected chi connectivity index (χ2v) is 6.25. The van der Waals surface area contributed by atoms with Gasteiger partial charge in [-0.05, 0) is 25.7 Å². The first-order valence-electron chi connectivity index (χ1n) is 9.30. The van der Waals surface area contributed by atoms with Crippen LogP contribution in [0, 0.1) is 0 Å². The second-order valence-electron chi connectivity index (χ2n) is 6.25. The summed E-state index contributed by atoms with van der Waals surface area (Å²) >= 11 is 0. The third kappa shape index (κ3) is 9.65. The predicted molar refractivity (Wildman–Crippen MR) is 89.2 cm³/mol. The molecule has 0 atom stereocenters. The molecule has 0 saturated carbocycles. The molecular formula is C18H36N3+. The first kappa shape index (κ1) is 18.2. The van der Waals surface area contributed by atoms with Crippen LogP contribution in [0.1, 0.15) is 90.9 Å². The molecule has 0 N–H and O–H groups in total. The van der Waals surface area contributed by atoms with Crippen molar-refractivity contribution in [3.05, 3.63) is 12.4 Å². The number of hydrogen-bond acceptors (Lipinski definition) is 1. The van der Waals surface area contributed by atoms with Gasteiger partial charge in [0.2, 0.25) is 0 Å². The van der Waals surface area contributed by atoms with Crippen molar-refractivity contribution >= 4 is 0 Å². The summed E-state index contributed by atoms with van der Waals surface area (Å²) in [5.41, 5.74) is 0. The Kier molecular flexibility index (Phi) is 11.1. The zero-order valence-corrected chi connectivity index (χ0v) is 14.4. The highest BCUT2D eigenvalue weighted by Gasteiger charge is 2.05. The molecule has 0 aromatic carbocycles. The van der Waals surface area contributed by atoms with Gasteiger partial charge in [-0.2, -0.15) is 0 Å². The number of aryl methyl sites for hydroxylation is 2. The maximum atomic E-state index is 4.61. The molecule has 0 saturated heterocycles. The summed E-state index contributed by atoms with van der Waals surface area (Å²) in [6.45, 7) is 6.70. The summed E-state index contributed by atoms with van der Waals surface area (Å²) < 4.78 is 4.22. The maximum absolute atomic E-state index is 4.61. The fraction of sp³-hybridized carbons (Fsp3) is 0.889. The van der Waals surface area contributed by atoms with Gasteiger partial charge in [-0.25, -0.2) is 0 Å². The molecule has 0 radical (unpaired) electrons. The van der Waals surface area contributed by atoms with Gasteiger partial charge in [0.25, 0.3) is 0 Å². The van der Waals surface area contributed by atoms with E-state index < -0.39 is 0 Å². The highest BCUT2D eigenvalue weighted by atomic mass is 15.5. The SMILES string of the molecule is CCCCCCCCn1cc[n+](CCCCCCCC)n1. The summed E-state index contributed by atoms with van der Waals surface area (Å²) in [6.07, 6.45) is 20.5. The summed E-state index contributed by atoms with van der Waals surface area (Å²) in [5.74, 6) is 0. The fourth-order valence-corrected chi connectivity index (χ4v) is 2.71. The monoisotopic (exact) mass is 294 g/mol. The molecule has 0 aliphatic carbocycles. The number of unbranched alkanes of at least 4 members (excludes halogenated alkanes) is 10. The minimum Gasteiger partial charge on any atom is -0.138 e. The molecule has 21 heavy (non-hydrogen) atoms. The van der Waals surface area contributed by atoms with Crippen LogP contribution >= 0.6 is 0 Å². The summed E-state index contributed by atoms with van der Waals surface area (Å²) in [7, 11) is 0. The molecule has 0 unspecified atom stereocenters. The van der Waals surface area contributed by atoms with Gasteiger partial charge in [-0.1, -0.05) is 65.2 Å². The molecule has 1 aromatic heterocycles. The van der Waals surface area contributed by atoms with Crippen LogP contribution in [0.2, 0.25) is 0 Å². The third-order valence-corrected chi connectivity index (χ3v) is 4.12. The normalized spacial score (nSPS) is 11.1. The van der Waals surface area contributed by atoms with Crippen LogP contribution in [0.15, 0.2) is 12.4 Å². The summed E-state index contributed by atoms with van der Waals surface area (Å²) in [4.78, 5) is 0. The van der Waals surface area contributed by atoms with Crippen molar-refractivity contribution in [3.8, 4) is 0 Å². The van der Waals surface area contributed by atoms with Crippen LogP contribution < -0.4 is 4.68 Å². The van der Waals surface area contributed by atoms with E-state index in [1.165, 1.54) is 77.0 Å². The Balaban J connectivity index is 2.01. The van der Waals surface area contributed by atoms with Gasteiger partial charge >= 0.3 is 0 Å². The number of aromatic nitrogens is 3. The average molecular weight is 295 g/mol. The van der Waals surface area contributed by atoms with E-state index in [4.69, 9.17) is 0 Å². The van der Waals surface area contributed by atoms with Gasteiger partial charge in [-0.15, -0.1) is 9.36 Å². The number of rotatable bonds is 14. The van der Waals surface area contributed by atoms with Gasteiger partial charge in [0.15, 0.2) is 12.4 Å². The predicted octanol–water partition coefficient (Wildman–Crippen LogP) is 4.89. The molecule has 3 nitrogen and oxygen atoms in total. The minimum absolute atomic E-state index is 1.08. The quantitative estimate of drug-likeness (QED) is 0.353. The van der Waals surface area contributed by atoms with E-state index in [1.54, 1.807) is 0 Å². The second kappa shape index (κ2) is 12.8. The first-order valence-corrected chi connectivity index (χ1v) is 9.30. The lowest BCUT2D eigenvalue weighted by Gasteiger charge is -1.98. The van der Waals surface area contributed by atoms with Crippen LogP contribution in [-0.2, 0) is 13.1 Å². The van der Waals surface area contributed by atoms with E-state index in [0.717, 1.165) is 13.1 Å². The van der Waals surface area contributed by atoms with Crippen LogP contribution in [0.4, 0.5) is 0 Å². The lowest BCUT2D eigenvalue weighted by atomic mass is 10.1. The van der Waals surface area contributed by atoms with Crippen molar-refractivity contribution < 1.29 is 4.68 Å². The molecular weight excluding hydrogens is 258 g/mol. The molecule has 0 aliphatic rings. The van der Waals surface area contributed by atoms with Crippen molar-refractivity contribution in [3.63, 3.8) is 0 Å². The molecule has 0 amide bonds. The van der Waals surface area contributed by atoms with Gasteiger partial charge < -0.3 is 0 Å². The summed E-state index contributed by atoms with van der Waals surface area (Å²) in [6, 6.07) is 0. The maximum Gasteiger partial charge on any atom is 0.155 e. The molecule has 0 spiro atoms. The zero-order chi connectivity index (χ0) is 15.2. The minimum atomic E-state index is 1.08. The molecule has 1 heterocycles. The van der Waals surface area contributed by atoms with E-state index in [2.05, 4.69) is 40.8 Å². The standard InChI is InChI=1S/C18H36N3/c1-3-5-7-9-11-13-15-20-17-18-21(19-20)16-14-12-10-8-6-4-2/h17-18H,3-16H2,1-2H3/q+1. The van der Waals surface area contributed by atoms with E-state index >= 15 is 0 Å². The van der Waals surface area contributed by atoms with Crippen LogP contribution in [-0.4, -0.2) is 9.90 Å². The Labute approximate surface area is 131 Å². The van der Waals surface area contributed by atoms with Gasteiger partial charge in [0.1, 0.15) is 13.1 Å². The Morgan fingerprint density at radius 1 is 0.762 bits per heavy atom. The number of nitrogens with zero attached hydrogens (tertiary/aromatic N) is 3. The number of hydrogen-bond donors (Lipinski definition) is 0. The van der Waals surface area contributed by atoms with Gasteiger partial charge in [0.05, 0.1) is 5.21 Å². The molecule has 3 heteroatoms. The van der Waals surface area contributed by atoms with Crippen molar-refractivity contribution in [2.24, 2.45) is 0 Å². The van der Waals surface area contributed by atoms with E-state index in [9.17, 15) is 0 Å². The molecule has 0 bridgehead atoms. The zero-order valence-electron chi connectivity index (χ0n) is 14.4. The topological polar surface area (TPSA) is 21.7 Å². The molecule has 0 aliphatic heterocycles.